The molecule has 1 aromatic heterocycles. The average molecular weight is 271 g/mol. The van der Waals surface area contributed by atoms with Crippen molar-refractivity contribution in [3.8, 4) is 6.07 Å². The van der Waals surface area contributed by atoms with Crippen LogP contribution in [0, 0.1) is 17.2 Å². The lowest BCUT2D eigenvalue weighted by atomic mass is 9.84. The van der Waals surface area contributed by atoms with Crippen LogP contribution in [0.3, 0.4) is 0 Å². The second-order valence-electron chi connectivity index (χ2n) is 5.54. The molecule has 20 heavy (non-hydrogen) atoms. The van der Waals surface area contributed by atoms with Gasteiger partial charge in [0.1, 0.15) is 11.8 Å². The summed E-state index contributed by atoms with van der Waals surface area (Å²) < 4.78 is 0. The van der Waals surface area contributed by atoms with Crippen molar-refractivity contribution in [2.45, 2.75) is 45.1 Å². The SMILES string of the molecule is CCC1CCC(N(C)C(=O)c2ccc(C#N)cn2)CC1. The summed E-state index contributed by atoms with van der Waals surface area (Å²) in [6, 6.07) is 5.61. The van der Waals surface area contributed by atoms with Crippen LogP contribution in [0.2, 0.25) is 0 Å². The largest absolute Gasteiger partial charge is 0.337 e. The van der Waals surface area contributed by atoms with Crippen LogP contribution in [0.4, 0.5) is 0 Å². The van der Waals surface area contributed by atoms with E-state index in [0.717, 1.165) is 18.8 Å². The highest BCUT2D eigenvalue weighted by Crippen LogP contribution is 2.29. The quantitative estimate of drug-likeness (QED) is 0.849. The molecule has 1 amide bonds. The zero-order valence-electron chi connectivity index (χ0n) is 12.2. The molecule has 106 valence electrons. The van der Waals surface area contributed by atoms with E-state index in [0.29, 0.717) is 17.3 Å². The highest BCUT2D eigenvalue weighted by Gasteiger charge is 2.26. The fourth-order valence-electron chi connectivity index (χ4n) is 2.87. The highest BCUT2D eigenvalue weighted by molar-refractivity contribution is 5.92. The fourth-order valence-corrected chi connectivity index (χ4v) is 2.87. The molecule has 0 bridgehead atoms. The van der Waals surface area contributed by atoms with E-state index in [4.69, 9.17) is 5.26 Å². The van der Waals surface area contributed by atoms with Crippen molar-refractivity contribution in [3.05, 3.63) is 29.6 Å². The van der Waals surface area contributed by atoms with Crippen LogP contribution in [0.5, 0.6) is 0 Å². The minimum atomic E-state index is -0.0468. The molecule has 1 aliphatic rings. The number of rotatable bonds is 3. The van der Waals surface area contributed by atoms with Gasteiger partial charge < -0.3 is 4.90 Å². The molecular weight excluding hydrogens is 250 g/mol. The zero-order chi connectivity index (χ0) is 14.5. The van der Waals surface area contributed by atoms with Gasteiger partial charge in [0.25, 0.3) is 5.91 Å². The molecule has 1 heterocycles. The Labute approximate surface area is 120 Å². The van der Waals surface area contributed by atoms with Crippen LogP contribution in [-0.4, -0.2) is 28.9 Å². The predicted molar refractivity (Wildman–Crippen MR) is 77.1 cm³/mol. The number of nitriles is 1. The molecule has 1 fully saturated rings. The van der Waals surface area contributed by atoms with Crippen LogP contribution in [0.15, 0.2) is 18.3 Å². The number of hydrogen-bond acceptors (Lipinski definition) is 3. The Morgan fingerprint density at radius 2 is 2.10 bits per heavy atom. The van der Waals surface area contributed by atoms with Crippen LogP contribution in [0.25, 0.3) is 0 Å². The maximum absolute atomic E-state index is 12.4. The first-order valence-corrected chi connectivity index (χ1v) is 7.29. The Morgan fingerprint density at radius 1 is 1.40 bits per heavy atom. The Kier molecular flexibility index (Phi) is 4.73. The van der Waals surface area contributed by atoms with E-state index in [1.807, 2.05) is 18.0 Å². The number of carbonyl (C=O) groups is 1. The van der Waals surface area contributed by atoms with Crippen molar-refractivity contribution in [2.75, 3.05) is 7.05 Å². The van der Waals surface area contributed by atoms with Crippen molar-refractivity contribution < 1.29 is 4.79 Å². The topological polar surface area (TPSA) is 57.0 Å². The summed E-state index contributed by atoms with van der Waals surface area (Å²) in [4.78, 5) is 18.3. The standard InChI is InChI=1S/C16H21N3O/c1-3-12-4-7-14(8-5-12)19(2)16(20)15-9-6-13(10-17)11-18-15/h6,9,11-12,14H,3-5,7-8H2,1-2H3. The summed E-state index contributed by atoms with van der Waals surface area (Å²) >= 11 is 0. The van der Waals surface area contributed by atoms with Crippen molar-refractivity contribution in [1.82, 2.24) is 9.88 Å². The van der Waals surface area contributed by atoms with Gasteiger partial charge in [0.2, 0.25) is 0 Å². The smallest absolute Gasteiger partial charge is 0.272 e. The number of nitrogens with zero attached hydrogens (tertiary/aromatic N) is 3. The predicted octanol–water partition coefficient (Wildman–Crippen LogP) is 2.99. The summed E-state index contributed by atoms with van der Waals surface area (Å²) in [6.07, 6.45) is 7.27. The van der Waals surface area contributed by atoms with E-state index in [2.05, 4.69) is 11.9 Å². The third-order valence-corrected chi connectivity index (χ3v) is 4.37. The summed E-state index contributed by atoms with van der Waals surface area (Å²) in [5.41, 5.74) is 0.900. The highest BCUT2D eigenvalue weighted by atomic mass is 16.2. The first-order chi connectivity index (χ1) is 9.65. The Balaban J connectivity index is 1.99. The molecule has 4 nitrogen and oxygen atoms in total. The van der Waals surface area contributed by atoms with Crippen LogP contribution >= 0.6 is 0 Å². The first kappa shape index (κ1) is 14.5. The Bertz CT molecular complexity index is 495. The average Bonchev–Trinajstić information content (AvgIpc) is 2.53. The maximum Gasteiger partial charge on any atom is 0.272 e. The van der Waals surface area contributed by atoms with Gasteiger partial charge in [-0.25, -0.2) is 4.98 Å². The van der Waals surface area contributed by atoms with Gasteiger partial charge in [-0.05, 0) is 43.7 Å². The van der Waals surface area contributed by atoms with Gasteiger partial charge in [0.05, 0.1) is 5.56 Å². The summed E-state index contributed by atoms with van der Waals surface area (Å²) in [5.74, 6) is 0.775. The lowest BCUT2D eigenvalue weighted by Crippen LogP contribution is -2.39. The summed E-state index contributed by atoms with van der Waals surface area (Å²) in [7, 11) is 1.86. The van der Waals surface area contributed by atoms with E-state index in [1.54, 1.807) is 12.1 Å². The molecule has 0 radical (unpaired) electrons. The summed E-state index contributed by atoms with van der Waals surface area (Å²) in [6.45, 7) is 2.24. The lowest BCUT2D eigenvalue weighted by molar-refractivity contribution is 0.0669. The Morgan fingerprint density at radius 3 is 2.60 bits per heavy atom. The monoisotopic (exact) mass is 271 g/mol. The normalized spacial score (nSPS) is 22.1. The van der Waals surface area contributed by atoms with Crippen LogP contribution < -0.4 is 0 Å². The molecular formula is C16H21N3O. The van der Waals surface area contributed by atoms with Crippen molar-refractivity contribution in [2.24, 2.45) is 5.92 Å². The molecule has 0 aromatic carbocycles. The van der Waals surface area contributed by atoms with E-state index < -0.39 is 0 Å². The van der Waals surface area contributed by atoms with E-state index in [1.165, 1.54) is 25.5 Å². The molecule has 0 atom stereocenters. The molecule has 0 aliphatic heterocycles. The van der Waals surface area contributed by atoms with Crippen LogP contribution in [-0.2, 0) is 0 Å². The molecule has 1 aromatic rings. The zero-order valence-corrected chi connectivity index (χ0v) is 12.2. The van der Waals surface area contributed by atoms with Crippen molar-refractivity contribution >= 4 is 5.91 Å². The third kappa shape index (κ3) is 3.16. The van der Waals surface area contributed by atoms with Crippen molar-refractivity contribution in [1.29, 1.82) is 5.26 Å². The molecule has 1 saturated carbocycles. The molecule has 0 unspecified atom stereocenters. The number of pyridine rings is 1. The first-order valence-electron chi connectivity index (χ1n) is 7.29. The molecule has 0 spiro atoms. The van der Waals surface area contributed by atoms with Gasteiger partial charge >= 0.3 is 0 Å². The maximum atomic E-state index is 12.4. The van der Waals surface area contributed by atoms with Crippen molar-refractivity contribution in [3.63, 3.8) is 0 Å². The fraction of sp³-hybridized carbons (Fsp3) is 0.562. The van der Waals surface area contributed by atoms with Gasteiger partial charge in [-0.15, -0.1) is 0 Å². The lowest BCUT2D eigenvalue weighted by Gasteiger charge is -2.34. The number of aromatic nitrogens is 1. The van der Waals surface area contributed by atoms with Gasteiger partial charge in [-0.1, -0.05) is 13.3 Å². The van der Waals surface area contributed by atoms with Gasteiger partial charge in [-0.2, -0.15) is 5.26 Å². The van der Waals surface area contributed by atoms with E-state index >= 15 is 0 Å². The molecule has 1 aliphatic carbocycles. The summed E-state index contributed by atoms with van der Waals surface area (Å²) in [5, 5.41) is 8.74. The second-order valence-corrected chi connectivity index (χ2v) is 5.54. The molecule has 2 rings (SSSR count). The van der Waals surface area contributed by atoms with E-state index in [-0.39, 0.29) is 5.91 Å². The van der Waals surface area contributed by atoms with Gasteiger partial charge in [0.15, 0.2) is 0 Å². The number of carbonyl (C=O) groups excluding carboxylic acids is 1. The molecule has 4 heteroatoms. The van der Waals surface area contributed by atoms with Gasteiger partial charge in [-0.3, -0.25) is 4.79 Å². The molecule has 0 N–H and O–H groups in total. The molecule has 0 saturated heterocycles. The number of hydrogen-bond donors (Lipinski definition) is 0. The number of amides is 1. The third-order valence-electron chi connectivity index (χ3n) is 4.37. The van der Waals surface area contributed by atoms with Gasteiger partial charge in [0, 0.05) is 19.3 Å². The van der Waals surface area contributed by atoms with E-state index in [9.17, 15) is 4.79 Å². The minimum absolute atomic E-state index is 0.0468. The second kappa shape index (κ2) is 6.51. The Hall–Kier alpha value is -1.89. The minimum Gasteiger partial charge on any atom is -0.337 e. The van der Waals surface area contributed by atoms with Crippen LogP contribution in [0.1, 0.15) is 55.1 Å².